The number of aromatic nitrogens is 1. The molecule has 1 aliphatic heterocycles. The molecule has 2 heterocycles. The number of pyridine rings is 1. The maximum atomic E-state index is 11.3. The molecule has 1 fully saturated rings. The predicted octanol–water partition coefficient (Wildman–Crippen LogP) is 2.03. The standard InChI is InChI=1S/C18H22N4O2S/c1-25(23,24)11-10-22-8-6-14(7-9-22)20-18-12-15(13-19)21-17-5-3-2-4-16(17)18/h2-5,12,14H,6-11H2,1H3,(H,20,21). The number of nitrogens with zero attached hydrogens (tertiary/aromatic N) is 3. The van der Waals surface area contributed by atoms with Crippen LogP contribution in [0, 0.1) is 11.3 Å². The molecule has 1 aromatic heterocycles. The van der Waals surface area contributed by atoms with E-state index in [0.717, 1.165) is 42.5 Å². The molecule has 1 aromatic carbocycles. The minimum absolute atomic E-state index is 0.214. The fraction of sp³-hybridized carbons (Fsp3) is 0.444. The van der Waals surface area contributed by atoms with Crippen LogP contribution in [0.2, 0.25) is 0 Å². The lowest BCUT2D eigenvalue weighted by molar-refractivity contribution is 0.230. The molecule has 2 aromatic rings. The zero-order chi connectivity index (χ0) is 17.9. The first kappa shape index (κ1) is 17.6. The Morgan fingerprint density at radius 2 is 2.04 bits per heavy atom. The largest absolute Gasteiger partial charge is 0.382 e. The van der Waals surface area contributed by atoms with Crippen molar-refractivity contribution in [3.8, 4) is 6.07 Å². The number of nitriles is 1. The zero-order valence-corrected chi connectivity index (χ0v) is 15.1. The van der Waals surface area contributed by atoms with E-state index in [2.05, 4.69) is 21.3 Å². The van der Waals surface area contributed by atoms with E-state index < -0.39 is 9.84 Å². The van der Waals surface area contributed by atoms with Crippen molar-refractivity contribution < 1.29 is 8.42 Å². The number of rotatable bonds is 5. The van der Waals surface area contributed by atoms with Gasteiger partial charge < -0.3 is 10.2 Å². The Morgan fingerprint density at radius 1 is 1.32 bits per heavy atom. The molecule has 0 radical (unpaired) electrons. The van der Waals surface area contributed by atoms with E-state index in [4.69, 9.17) is 0 Å². The Hall–Kier alpha value is -2.17. The first-order valence-corrected chi connectivity index (χ1v) is 10.5. The fourth-order valence-corrected chi connectivity index (χ4v) is 3.76. The molecular weight excluding hydrogens is 336 g/mol. The van der Waals surface area contributed by atoms with Crippen LogP contribution in [0.25, 0.3) is 10.9 Å². The van der Waals surface area contributed by atoms with E-state index in [-0.39, 0.29) is 5.75 Å². The molecule has 0 spiro atoms. The van der Waals surface area contributed by atoms with Crippen LogP contribution in [0.3, 0.4) is 0 Å². The van der Waals surface area contributed by atoms with Gasteiger partial charge in [-0.1, -0.05) is 18.2 Å². The van der Waals surface area contributed by atoms with Crippen LogP contribution >= 0.6 is 0 Å². The molecule has 7 heteroatoms. The van der Waals surface area contributed by atoms with Gasteiger partial charge in [0.25, 0.3) is 0 Å². The number of piperidine rings is 1. The molecule has 6 nitrogen and oxygen atoms in total. The summed E-state index contributed by atoms with van der Waals surface area (Å²) in [4.78, 5) is 6.54. The summed E-state index contributed by atoms with van der Waals surface area (Å²) in [6.45, 7) is 2.35. The third kappa shape index (κ3) is 4.68. The summed E-state index contributed by atoms with van der Waals surface area (Å²) in [7, 11) is -2.91. The highest BCUT2D eigenvalue weighted by atomic mass is 32.2. The van der Waals surface area contributed by atoms with Crippen LogP contribution in [0.5, 0.6) is 0 Å². The lowest BCUT2D eigenvalue weighted by atomic mass is 10.0. The number of hydrogen-bond donors (Lipinski definition) is 1. The fourth-order valence-electron chi connectivity index (χ4n) is 3.17. The molecule has 3 rings (SSSR count). The molecule has 0 aliphatic carbocycles. The van der Waals surface area contributed by atoms with Crippen molar-refractivity contribution in [2.45, 2.75) is 18.9 Å². The maximum Gasteiger partial charge on any atom is 0.148 e. The number of likely N-dealkylation sites (tertiary alicyclic amines) is 1. The summed E-state index contributed by atoms with van der Waals surface area (Å²) in [5, 5.41) is 13.8. The van der Waals surface area contributed by atoms with Gasteiger partial charge in [-0.15, -0.1) is 0 Å². The van der Waals surface area contributed by atoms with Crippen LogP contribution < -0.4 is 5.32 Å². The Labute approximate surface area is 148 Å². The molecule has 1 N–H and O–H groups in total. The van der Waals surface area contributed by atoms with Gasteiger partial charge in [0, 0.05) is 43.0 Å². The van der Waals surface area contributed by atoms with Crippen molar-refractivity contribution in [2.75, 3.05) is 37.0 Å². The van der Waals surface area contributed by atoms with Gasteiger partial charge in [-0.2, -0.15) is 5.26 Å². The number of benzene rings is 1. The van der Waals surface area contributed by atoms with Crippen LogP contribution in [0.1, 0.15) is 18.5 Å². The SMILES string of the molecule is CS(=O)(=O)CCN1CCC(Nc2cc(C#N)nc3ccccc23)CC1. The average Bonchev–Trinajstić information content (AvgIpc) is 2.60. The van der Waals surface area contributed by atoms with E-state index in [1.165, 1.54) is 6.26 Å². The topological polar surface area (TPSA) is 86.1 Å². The smallest absolute Gasteiger partial charge is 0.148 e. The highest BCUT2D eigenvalue weighted by Crippen LogP contribution is 2.25. The first-order chi connectivity index (χ1) is 11.9. The predicted molar refractivity (Wildman–Crippen MR) is 99.3 cm³/mol. The highest BCUT2D eigenvalue weighted by Gasteiger charge is 2.20. The summed E-state index contributed by atoms with van der Waals surface area (Å²) in [6.07, 6.45) is 3.17. The molecule has 0 atom stereocenters. The van der Waals surface area contributed by atoms with Gasteiger partial charge in [-0.3, -0.25) is 0 Å². The summed E-state index contributed by atoms with van der Waals surface area (Å²) in [5.74, 6) is 0.214. The van der Waals surface area contributed by atoms with Gasteiger partial charge in [-0.05, 0) is 25.0 Å². The third-order valence-corrected chi connectivity index (χ3v) is 5.48. The van der Waals surface area contributed by atoms with Crippen molar-refractivity contribution in [2.24, 2.45) is 0 Å². The molecule has 132 valence electrons. The van der Waals surface area contributed by atoms with Gasteiger partial charge in [0.1, 0.15) is 21.6 Å². The molecule has 1 aliphatic rings. The molecule has 25 heavy (non-hydrogen) atoms. The van der Waals surface area contributed by atoms with Crippen molar-refractivity contribution in [3.05, 3.63) is 36.0 Å². The minimum atomic E-state index is -2.91. The Balaban J connectivity index is 1.66. The number of para-hydroxylation sites is 1. The lowest BCUT2D eigenvalue weighted by Gasteiger charge is -2.32. The monoisotopic (exact) mass is 358 g/mol. The van der Waals surface area contributed by atoms with Crippen molar-refractivity contribution in [3.63, 3.8) is 0 Å². The summed E-state index contributed by atoms with van der Waals surface area (Å²) >= 11 is 0. The third-order valence-electron chi connectivity index (χ3n) is 4.56. The zero-order valence-electron chi connectivity index (χ0n) is 14.3. The van der Waals surface area contributed by atoms with Crippen LogP contribution in [0.15, 0.2) is 30.3 Å². The van der Waals surface area contributed by atoms with Crippen LogP contribution in [-0.4, -0.2) is 56.0 Å². The number of nitrogens with one attached hydrogen (secondary N) is 1. The Bertz CT molecular complexity index is 897. The lowest BCUT2D eigenvalue weighted by Crippen LogP contribution is -2.41. The molecule has 0 saturated carbocycles. The number of fused-ring (bicyclic) bond motifs is 1. The Kier molecular flexibility index (Phi) is 5.21. The number of anilines is 1. The summed E-state index contributed by atoms with van der Waals surface area (Å²) in [5.41, 5.74) is 2.16. The second-order valence-electron chi connectivity index (χ2n) is 6.57. The number of hydrogen-bond acceptors (Lipinski definition) is 6. The second-order valence-corrected chi connectivity index (χ2v) is 8.83. The van der Waals surface area contributed by atoms with Crippen molar-refractivity contribution in [1.82, 2.24) is 9.88 Å². The van der Waals surface area contributed by atoms with Crippen molar-refractivity contribution in [1.29, 1.82) is 5.26 Å². The van der Waals surface area contributed by atoms with Crippen LogP contribution in [0.4, 0.5) is 5.69 Å². The van der Waals surface area contributed by atoms with Gasteiger partial charge >= 0.3 is 0 Å². The maximum absolute atomic E-state index is 11.3. The van der Waals surface area contributed by atoms with Crippen molar-refractivity contribution >= 4 is 26.4 Å². The summed E-state index contributed by atoms with van der Waals surface area (Å²) in [6, 6.07) is 12.0. The highest BCUT2D eigenvalue weighted by molar-refractivity contribution is 7.90. The van der Waals surface area contributed by atoms with Gasteiger partial charge in [0.15, 0.2) is 0 Å². The average molecular weight is 358 g/mol. The van der Waals surface area contributed by atoms with E-state index in [9.17, 15) is 13.7 Å². The van der Waals surface area contributed by atoms with E-state index in [1.54, 1.807) is 6.07 Å². The molecule has 0 amide bonds. The molecule has 0 bridgehead atoms. The summed E-state index contributed by atoms with van der Waals surface area (Å²) < 4.78 is 22.6. The second kappa shape index (κ2) is 7.38. The number of sulfone groups is 1. The van der Waals surface area contributed by atoms with Gasteiger partial charge in [-0.25, -0.2) is 13.4 Å². The molecule has 0 unspecified atom stereocenters. The molecular formula is C18H22N4O2S. The van der Waals surface area contributed by atoms with E-state index in [1.807, 2.05) is 24.3 Å². The van der Waals surface area contributed by atoms with Gasteiger partial charge in [0.05, 0.1) is 11.3 Å². The Morgan fingerprint density at radius 3 is 2.72 bits per heavy atom. The van der Waals surface area contributed by atoms with E-state index >= 15 is 0 Å². The molecule has 1 saturated heterocycles. The van der Waals surface area contributed by atoms with E-state index in [0.29, 0.717) is 18.3 Å². The van der Waals surface area contributed by atoms with Crippen LogP contribution in [-0.2, 0) is 9.84 Å². The first-order valence-electron chi connectivity index (χ1n) is 8.41. The normalized spacial score (nSPS) is 16.6. The van der Waals surface area contributed by atoms with Gasteiger partial charge in [0.2, 0.25) is 0 Å². The quantitative estimate of drug-likeness (QED) is 0.880. The minimum Gasteiger partial charge on any atom is -0.382 e.